The van der Waals surface area contributed by atoms with E-state index in [0.717, 1.165) is 0 Å². The normalized spacial score (nSPS) is 13.7. The lowest BCUT2D eigenvalue weighted by molar-refractivity contribution is -0.119. The maximum absolute atomic E-state index is 11.1. The zero-order valence-electron chi connectivity index (χ0n) is 7.58. The van der Waals surface area contributed by atoms with E-state index in [1.807, 2.05) is 0 Å². The first-order valence-corrected chi connectivity index (χ1v) is 4.83. The summed E-state index contributed by atoms with van der Waals surface area (Å²) in [6, 6.07) is 8.60. The van der Waals surface area contributed by atoms with Gasteiger partial charge < -0.3 is 5.11 Å². The first kappa shape index (κ1) is 11.5. The van der Waals surface area contributed by atoms with Crippen molar-refractivity contribution in [2.24, 2.45) is 0 Å². The monoisotopic (exact) mass is 232 g/mol. The maximum atomic E-state index is 11.1. The predicted molar refractivity (Wildman–Crippen MR) is 56.5 cm³/mol. The van der Waals surface area contributed by atoms with Gasteiger partial charge in [-0.1, -0.05) is 53.5 Å². The zero-order chi connectivity index (χ0) is 10.8. The number of rotatable bonds is 3. The summed E-state index contributed by atoms with van der Waals surface area (Å²) in [5.74, 6) is -0.475. The second-order valence-corrected chi connectivity index (χ2v) is 4.38. The minimum Gasteiger partial charge on any atom is -0.385 e. The highest BCUT2D eigenvalue weighted by molar-refractivity contribution is 6.58. The lowest BCUT2D eigenvalue weighted by atomic mass is 10.0. The molecule has 2 nitrogen and oxygen atoms in total. The first-order valence-electron chi connectivity index (χ1n) is 4.08. The molecule has 1 aromatic carbocycles. The van der Waals surface area contributed by atoms with Crippen LogP contribution in [0.3, 0.4) is 0 Å². The SMILES string of the molecule is CC(=O)C(Cl)(Cl)C(O)c1ccccc1. The standard InChI is InChI=1S/C10H10Cl2O2/c1-7(13)10(11,12)9(14)8-5-3-2-4-6-8/h2-6,9,14H,1H3. The Kier molecular flexibility index (Phi) is 3.53. The summed E-state index contributed by atoms with van der Waals surface area (Å²) in [5, 5.41) is 9.73. The first-order chi connectivity index (χ1) is 6.46. The summed E-state index contributed by atoms with van der Waals surface area (Å²) < 4.78 is -1.78. The van der Waals surface area contributed by atoms with E-state index >= 15 is 0 Å². The lowest BCUT2D eigenvalue weighted by Gasteiger charge is -2.22. The highest BCUT2D eigenvalue weighted by Gasteiger charge is 2.39. The second-order valence-electron chi connectivity index (χ2n) is 2.99. The average Bonchev–Trinajstić information content (AvgIpc) is 2.17. The van der Waals surface area contributed by atoms with Crippen LogP contribution in [0.1, 0.15) is 18.6 Å². The molecule has 0 aromatic heterocycles. The lowest BCUT2D eigenvalue weighted by Crippen LogP contribution is -2.31. The highest BCUT2D eigenvalue weighted by atomic mass is 35.5. The molecule has 4 heteroatoms. The molecule has 0 fully saturated rings. The highest BCUT2D eigenvalue weighted by Crippen LogP contribution is 2.36. The van der Waals surface area contributed by atoms with E-state index in [1.165, 1.54) is 6.92 Å². The Morgan fingerprint density at radius 3 is 2.29 bits per heavy atom. The number of ketones is 1. The van der Waals surface area contributed by atoms with Crippen molar-refractivity contribution in [1.29, 1.82) is 0 Å². The molecule has 0 saturated carbocycles. The van der Waals surface area contributed by atoms with Gasteiger partial charge in [0, 0.05) is 0 Å². The third-order valence-corrected chi connectivity index (χ3v) is 2.87. The summed E-state index contributed by atoms with van der Waals surface area (Å²) in [4.78, 5) is 11.1. The predicted octanol–water partition coefficient (Wildman–Crippen LogP) is 2.48. The van der Waals surface area contributed by atoms with Crippen LogP contribution < -0.4 is 0 Å². The van der Waals surface area contributed by atoms with E-state index in [0.29, 0.717) is 5.56 Å². The van der Waals surface area contributed by atoms with Crippen molar-refractivity contribution in [3.8, 4) is 0 Å². The van der Waals surface area contributed by atoms with E-state index in [9.17, 15) is 9.90 Å². The number of carbonyl (C=O) groups is 1. The van der Waals surface area contributed by atoms with Gasteiger partial charge in [0.05, 0.1) is 0 Å². The van der Waals surface area contributed by atoms with Crippen LogP contribution in [0.25, 0.3) is 0 Å². The Morgan fingerprint density at radius 1 is 1.36 bits per heavy atom. The molecule has 0 radical (unpaired) electrons. The largest absolute Gasteiger partial charge is 0.385 e. The van der Waals surface area contributed by atoms with Crippen molar-refractivity contribution in [3.63, 3.8) is 0 Å². The number of aliphatic hydroxyl groups is 1. The van der Waals surface area contributed by atoms with Gasteiger partial charge in [-0.15, -0.1) is 0 Å². The van der Waals surface area contributed by atoms with Gasteiger partial charge in [-0.3, -0.25) is 4.79 Å². The fraction of sp³-hybridized carbons (Fsp3) is 0.300. The van der Waals surface area contributed by atoms with Crippen LogP contribution in [0.15, 0.2) is 30.3 Å². The molecule has 76 valence electrons. The van der Waals surface area contributed by atoms with Crippen molar-refractivity contribution < 1.29 is 9.90 Å². The van der Waals surface area contributed by atoms with Crippen LogP contribution in [-0.2, 0) is 4.79 Å². The molecule has 0 aliphatic heterocycles. The Labute approximate surface area is 92.5 Å². The van der Waals surface area contributed by atoms with Crippen molar-refractivity contribution in [1.82, 2.24) is 0 Å². The molecule has 0 saturated heterocycles. The number of halogens is 2. The molecular weight excluding hydrogens is 223 g/mol. The Bertz CT molecular complexity index is 322. The van der Waals surface area contributed by atoms with Crippen LogP contribution in [0.4, 0.5) is 0 Å². The molecule has 0 heterocycles. The maximum Gasteiger partial charge on any atom is 0.205 e. The minimum absolute atomic E-state index is 0.475. The molecule has 1 atom stereocenters. The second kappa shape index (κ2) is 4.30. The summed E-state index contributed by atoms with van der Waals surface area (Å²) in [6.45, 7) is 1.24. The molecular formula is C10H10Cl2O2. The van der Waals surface area contributed by atoms with Crippen molar-refractivity contribution >= 4 is 29.0 Å². The van der Waals surface area contributed by atoms with Crippen LogP contribution in [-0.4, -0.2) is 15.2 Å². The van der Waals surface area contributed by atoms with Crippen molar-refractivity contribution in [2.45, 2.75) is 17.4 Å². The summed E-state index contributed by atoms with van der Waals surface area (Å²) in [6.07, 6.45) is -1.20. The van der Waals surface area contributed by atoms with E-state index in [-0.39, 0.29) is 0 Å². The number of benzene rings is 1. The topological polar surface area (TPSA) is 37.3 Å². The van der Waals surface area contributed by atoms with Gasteiger partial charge in [0.2, 0.25) is 4.33 Å². The summed E-state index contributed by atoms with van der Waals surface area (Å²) >= 11 is 11.4. The zero-order valence-corrected chi connectivity index (χ0v) is 9.09. The van der Waals surface area contributed by atoms with Crippen LogP contribution in [0.2, 0.25) is 0 Å². The molecule has 0 spiro atoms. The summed E-state index contributed by atoms with van der Waals surface area (Å²) in [5.41, 5.74) is 0.521. The molecule has 14 heavy (non-hydrogen) atoms. The summed E-state index contributed by atoms with van der Waals surface area (Å²) in [7, 11) is 0. The van der Waals surface area contributed by atoms with Crippen molar-refractivity contribution in [3.05, 3.63) is 35.9 Å². The van der Waals surface area contributed by atoms with Gasteiger partial charge in [0.1, 0.15) is 6.10 Å². The minimum atomic E-state index is -1.78. The molecule has 0 aliphatic rings. The number of aliphatic hydroxyl groups excluding tert-OH is 1. The molecule has 1 aromatic rings. The van der Waals surface area contributed by atoms with Crippen LogP contribution >= 0.6 is 23.2 Å². The number of alkyl halides is 2. The van der Waals surface area contributed by atoms with Crippen LogP contribution in [0, 0.1) is 0 Å². The number of hydrogen-bond donors (Lipinski definition) is 1. The van der Waals surface area contributed by atoms with Gasteiger partial charge in [-0.25, -0.2) is 0 Å². The Morgan fingerprint density at radius 2 is 1.86 bits per heavy atom. The number of carbonyl (C=O) groups excluding carboxylic acids is 1. The van der Waals surface area contributed by atoms with Gasteiger partial charge in [0.25, 0.3) is 0 Å². The van der Waals surface area contributed by atoms with Crippen LogP contribution in [0.5, 0.6) is 0 Å². The third kappa shape index (κ3) is 2.27. The van der Waals surface area contributed by atoms with Gasteiger partial charge in [-0.05, 0) is 12.5 Å². The third-order valence-electron chi connectivity index (χ3n) is 1.93. The number of Topliss-reactive ketones (excluding diaryl/α,β-unsaturated/α-hetero) is 1. The quantitative estimate of drug-likeness (QED) is 0.814. The van der Waals surface area contributed by atoms with Gasteiger partial charge in [0.15, 0.2) is 5.78 Å². The molecule has 1 unspecified atom stereocenters. The van der Waals surface area contributed by atoms with E-state index < -0.39 is 16.2 Å². The fourth-order valence-corrected chi connectivity index (χ4v) is 1.29. The molecule has 0 bridgehead atoms. The molecule has 1 N–H and O–H groups in total. The Hall–Kier alpha value is -0.570. The Balaban J connectivity index is 2.96. The molecule has 1 rings (SSSR count). The van der Waals surface area contributed by atoms with Gasteiger partial charge >= 0.3 is 0 Å². The molecule has 0 aliphatic carbocycles. The smallest absolute Gasteiger partial charge is 0.205 e. The van der Waals surface area contributed by atoms with Crippen molar-refractivity contribution in [2.75, 3.05) is 0 Å². The van der Waals surface area contributed by atoms with E-state index in [1.54, 1.807) is 30.3 Å². The fourth-order valence-electron chi connectivity index (χ4n) is 1.04. The number of hydrogen-bond acceptors (Lipinski definition) is 2. The average molecular weight is 233 g/mol. The van der Waals surface area contributed by atoms with E-state index in [2.05, 4.69) is 0 Å². The van der Waals surface area contributed by atoms with Gasteiger partial charge in [-0.2, -0.15) is 0 Å². The van der Waals surface area contributed by atoms with E-state index in [4.69, 9.17) is 23.2 Å². The molecule has 0 amide bonds.